The van der Waals surface area contributed by atoms with Crippen LogP contribution in [-0.4, -0.2) is 49.5 Å². The zero-order valence-corrected chi connectivity index (χ0v) is 21.4. The van der Waals surface area contributed by atoms with Gasteiger partial charge in [0.05, 0.1) is 13.2 Å². The van der Waals surface area contributed by atoms with Gasteiger partial charge >= 0.3 is 0 Å². The molecular formula is C27H39N3O2S. The monoisotopic (exact) mass is 469 g/mol. The Bertz CT molecular complexity index is 885. The van der Waals surface area contributed by atoms with Gasteiger partial charge < -0.3 is 24.6 Å². The Hall–Kier alpha value is -2.31. The van der Waals surface area contributed by atoms with Crippen molar-refractivity contribution in [1.29, 1.82) is 0 Å². The minimum absolute atomic E-state index is 0.245. The van der Waals surface area contributed by atoms with Crippen LogP contribution in [0.25, 0.3) is 0 Å². The zero-order valence-electron chi connectivity index (χ0n) is 20.6. The van der Waals surface area contributed by atoms with E-state index in [0.717, 1.165) is 62.2 Å². The average Bonchev–Trinajstić information content (AvgIpc) is 2.81. The number of anilines is 2. The van der Waals surface area contributed by atoms with Crippen molar-refractivity contribution in [3.8, 4) is 5.75 Å². The van der Waals surface area contributed by atoms with Crippen LogP contribution in [-0.2, 0) is 17.7 Å². The van der Waals surface area contributed by atoms with E-state index in [0.29, 0.717) is 0 Å². The van der Waals surface area contributed by atoms with Gasteiger partial charge in [0, 0.05) is 44.2 Å². The summed E-state index contributed by atoms with van der Waals surface area (Å²) in [5, 5.41) is 4.13. The molecule has 1 heterocycles. The molecule has 1 aliphatic rings. The molecule has 1 N–H and O–H groups in total. The van der Waals surface area contributed by atoms with Gasteiger partial charge in [-0.25, -0.2) is 0 Å². The van der Waals surface area contributed by atoms with E-state index in [2.05, 4.69) is 54.1 Å². The number of thiocarbonyl (C=S) groups is 1. The van der Waals surface area contributed by atoms with Crippen LogP contribution >= 0.6 is 12.2 Å². The summed E-state index contributed by atoms with van der Waals surface area (Å²) in [6, 6.07) is 14.8. The summed E-state index contributed by atoms with van der Waals surface area (Å²) in [5.41, 5.74) is 5.13. The summed E-state index contributed by atoms with van der Waals surface area (Å²) >= 11 is 5.83. The highest BCUT2D eigenvalue weighted by Gasteiger charge is 2.18. The number of fused-ring (bicyclic) bond motifs is 1. The van der Waals surface area contributed by atoms with Gasteiger partial charge in [0.1, 0.15) is 5.75 Å². The highest BCUT2D eigenvalue weighted by Crippen LogP contribution is 2.28. The molecule has 6 heteroatoms. The Balaban J connectivity index is 1.70. The second-order valence-electron chi connectivity index (χ2n) is 8.91. The zero-order chi connectivity index (χ0) is 23.6. The van der Waals surface area contributed by atoms with Crippen molar-refractivity contribution < 1.29 is 9.47 Å². The third kappa shape index (κ3) is 7.61. The molecule has 33 heavy (non-hydrogen) atoms. The number of benzene rings is 2. The third-order valence-corrected chi connectivity index (χ3v) is 6.24. The Morgan fingerprint density at radius 2 is 1.97 bits per heavy atom. The van der Waals surface area contributed by atoms with Gasteiger partial charge in [0.15, 0.2) is 5.11 Å². The minimum atomic E-state index is 0.245. The van der Waals surface area contributed by atoms with E-state index in [4.69, 9.17) is 21.7 Å². The van der Waals surface area contributed by atoms with Gasteiger partial charge in [-0.1, -0.05) is 19.1 Å². The van der Waals surface area contributed by atoms with Crippen LogP contribution in [0.4, 0.5) is 11.4 Å². The van der Waals surface area contributed by atoms with E-state index in [1.54, 1.807) is 7.11 Å². The lowest BCUT2D eigenvalue weighted by atomic mass is 9.99. The standard InChI is InChI=1S/C27H39N3O2S/c1-5-15-29-16-6-8-23-19-22(9-14-26(23)29)20-30(17-7-18-32-21(2)3)27(33)28-24-10-12-25(31-4)13-11-24/h9-14,19,21H,5-8,15-18,20H2,1-4H3,(H,28,33). The van der Waals surface area contributed by atoms with E-state index in [-0.39, 0.29) is 6.10 Å². The Labute approximate surface area is 205 Å². The molecule has 0 aromatic heterocycles. The van der Waals surface area contributed by atoms with Crippen molar-refractivity contribution in [3.63, 3.8) is 0 Å². The Morgan fingerprint density at radius 1 is 1.18 bits per heavy atom. The van der Waals surface area contributed by atoms with E-state index >= 15 is 0 Å². The van der Waals surface area contributed by atoms with Gasteiger partial charge in [0.25, 0.3) is 0 Å². The third-order valence-electron chi connectivity index (χ3n) is 5.88. The average molecular weight is 470 g/mol. The highest BCUT2D eigenvalue weighted by molar-refractivity contribution is 7.80. The molecule has 5 nitrogen and oxygen atoms in total. The first-order valence-electron chi connectivity index (χ1n) is 12.2. The van der Waals surface area contributed by atoms with Crippen LogP contribution in [0.1, 0.15) is 51.2 Å². The molecule has 0 amide bonds. The van der Waals surface area contributed by atoms with Crippen LogP contribution in [0.2, 0.25) is 0 Å². The molecule has 0 unspecified atom stereocenters. The molecule has 0 saturated carbocycles. The normalized spacial score (nSPS) is 13.1. The fourth-order valence-corrected chi connectivity index (χ4v) is 4.53. The molecule has 0 aliphatic carbocycles. The van der Waals surface area contributed by atoms with Crippen LogP contribution in [0.15, 0.2) is 42.5 Å². The summed E-state index contributed by atoms with van der Waals surface area (Å²) in [5.74, 6) is 0.834. The maximum Gasteiger partial charge on any atom is 0.173 e. The van der Waals surface area contributed by atoms with Crippen LogP contribution in [0, 0.1) is 0 Å². The van der Waals surface area contributed by atoms with Gasteiger partial charge in [-0.2, -0.15) is 0 Å². The first-order chi connectivity index (χ1) is 16.0. The molecule has 0 saturated heterocycles. The lowest BCUT2D eigenvalue weighted by Crippen LogP contribution is -2.36. The number of hydrogen-bond donors (Lipinski definition) is 1. The maximum atomic E-state index is 5.83. The molecule has 180 valence electrons. The molecule has 0 fully saturated rings. The fraction of sp³-hybridized carbons (Fsp3) is 0.519. The molecule has 0 bridgehead atoms. The molecule has 1 aliphatic heterocycles. The fourth-order valence-electron chi connectivity index (χ4n) is 4.25. The molecule has 2 aromatic rings. The smallest absolute Gasteiger partial charge is 0.173 e. The van der Waals surface area contributed by atoms with E-state index in [9.17, 15) is 0 Å². The lowest BCUT2D eigenvalue weighted by Gasteiger charge is -2.32. The van der Waals surface area contributed by atoms with Crippen molar-refractivity contribution in [2.45, 2.75) is 59.1 Å². The second kappa shape index (κ2) is 12.8. The Kier molecular flexibility index (Phi) is 9.82. The van der Waals surface area contributed by atoms with Gasteiger partial charge in [-0.15, -0.1) is 0 Å². The van der Waals surface area contributed by atoms with Gasteiger partial charge in [-0.3, -0.25) is 0 Å². The van der Waals surface area contributed by atoms with Gasteiger partial charge in [-0.05, 0) is 93.2 Å². The predicted octanol–water partition coefficient (Wildman–Crippen LogP) is 5.87. The van der Waals surface area contributed by atoms with E-state index in [1.807, 2.05) is 24.3 Å². The molecule has 0 radical (unpaired) electrons. The SMILES string of the molecule is CCCN1CCCc2cc(CN(CCCOC(C)C)C(=S)Nc3ccc(OC)cc3)ccc21. The highest BCUT2D eigenvalue weighted by atomic mass is 32.1. The van der Waals surface area contributed by atoms with E-state index in [1.165, 1.54) is 29.7 Å². The van der Waals surface area contributed by atoms with Crippen molar-refractivity contribution in [3.05, 3.63) is 53.6 Å². The van der Waals surface area contributed by atoms with E-state index < -0.39 is 0 Å². The molecule has 0 atom stereocenters. The Morgan fingerprint density at radius 3 is 2.67 bits per heavy atom. The number of nitrogens with one attached hydrogen (secondary N) is 1. The maximum absolute atomic E-state index is 5.83. The number of nitrogens with zero attached hydrogens (tertiary/aromatic N) is 2. The summed E-state index contributed by atoms with van der Waals surface area (Å²) in [6.07, 6.45) is 4.73. The number of ether oxygens (including phenoxy) is 2. The van der Waals surface area contributed by atoms with Crippen molar-refractivity contribution >= 4 is 28.7 Å². The van der Waals surface area contributed by atoms with Crippen molar-refractivity contribution in [2.24, 2.45) is 0 Å². The molecule has 2 aromatic carbocycles. The molecular weight excluding hydrogens is 430 g/mol. The first-order valence-corrected chi connectivity index (χ1v) is 12.6. The number of methoxy groups -OCH3 is 1. The number of hydrogen-bond acceptors (Lipinski definition) is 4. The largest absolute Gasteiger partial charge is 0.497 e. The van der Waals surface area contributed by atoms with Gasteiger partial charge in [0.2, 0.25) is 0 Å². The predicted molar refractivity (Wildman–Crippen MR) is 143 cm³/mol. The summed E-state index contributed by atoms with van der Waals surface area (Å²) in [6.45, 7) is 11.0. The summed E-state index contributed by atoms with van der Waals surface area (Å²) < 4.78 is 11.0. The first kappa shape index (κ1) is 25.3. The summed E-state index contributed by atoms with van der Waals surface area (Å²) in [7, 11) is 1.67. The van der Waals surface area contributed by atoms with Crippen LogP contribution < -0.4 is 15.0 Å². The van der Waals surface area contributed by atoms with Crippen molar-refractivity contribution in [1.82, 2.24) is 4.90 Å². The topological polar surface area (TPSA) is 37.0 Å². The second-order valence-corrected chi connectivity index (χ2v) is 9.29. The number of aryl methyl sites for hydroxylation is 1. The molecule has 0 spiro atoms. The van der Waals surface area contributed by atoms with Crippen LogP contribution in [0.5, 0.6) is 5.75 Å². The van der Waals surface area contributed by atoms with Crippen LogP contribution in [0.3, 0.4) is 0 Å². The quantitative estimate of drug-likeness (QED) is 0.328. The number of rotatable bonds is 11. The lowest BCUT2D eigenvalue weighted by molar-refractivity contribution is 0.0739. The summed E-state index contributed by atoms with van der Waals surface area (Å²) in [4.78, 5) is 4.77. The van der Waals surface area contributed by atoms with Crippen molar-refractivity contribution in [2.75, 3.05) is 43.6 Å². The minimum Gasteiger partial charge on any atom is -0.497 e. The molecule has 3 rings (SSSR count).